The number of fused-ring (bicyclic) bond motifs is 1. The molecule has 0 unspecified atom stereocenters. The maximum atomic E-state index is 13.2. The smallest absolute Gasteiger partial charge is 0.263 e. The van der Waals surface area contributed by atoms with Gasteiger partial charge in [-0.3, -0.25) is 9.59 Å². The minimum absolute atomic E-state index is 0.0672. The third-order valence-corrected chi connectivity index (χ3v) is 6.43. The minimum Gasteiger partial charge on any atom is -0.497 e. The summed E-state index contributed by atoms with van der Waals surface area (Å²) in [7, 11) is 3.19. The van der Waals surface area contributed by atoms with Crippen LogP contribution in [0.4, 0.5) is 5.69 Å². The lowest BCUT2D eigenvalue weighted by atomic mass is 9.95. The zero-order valence-electron chi connectivity index (χ0n) is 21.1. The molecular formula is C29H32N2O5. The highest BCUT2D eigenvalue weighted by molar-refractivity contribution is 5.96. The SMILES string of the molecule is CC[C@H](C(=O)Nc1ccc2c(c1)CN(Cc1ccc(OC)cc1OC)C(=O)[C@H](C)O2)c1ccccc1. The van der Waals surface area contributed by atoms with Crippen LogP contribution in [0.2, 0.25) is 0 Å². The van der Waals surface area contributed by atoms with Gasteiger partial charge in [0.25, 0.3) is 5.91 Å². The molecule has 2 amide bonds. The average molecular weight is 489 g/mol. The van der Waals surface area contributed by atoms with E-state index in [9.17, 15) is 9.59 Å². The van der Waals surface area contributed by atoms with Gasteiger partial charge >= 0.3 is 0 Å². The first-order valence-corrected chi connectivity index (χ1v) is 12.1. The Morgan fingerprint density at radius 3 is 2.56 bits per heavy atom. The summed E-state index contributed by atoms with van der Waals surface area (Å²) in [5.74, 6) is 1.52. The van der Waals surface area contributed by atoms with Gasteiger partial charge in [0.05, 0.1) is 20.1 Å². The zero-order chi connectivity index (χ0) is 25.7. The summed E-state index contributed by atoms with van der Waals surface area (Å²) < 4.78 is 16.8. The van der Waals surface area contributed by atoms with E-state index in [1.165, 1.54) is 0 Å². The normalized spacial score (nSPS) is 15.8. The van der Waals surface area contributed by atoms with Crippen LogP contribution >= 0.6 is 0 Å². The Labute approximate surface area is 212 Å². The zero-order valence-corrected chi connectivity index (χ0v) is 21.1. The van der Waals surface area contributed by atoms with Gasteiger partial charge in [0.15, 0.2) is 6.10 Å². The van der Waals surface area contributed by atoms with Crippen LogP contribution < -0.4 is 19.5 Å². The number of amides is 2. The maximum absolute atomic E-state index is 13.2. The number of nitrogens with zero attached hydrogens (tertiary/aromatic N) is 1. The van der Waals surface area contributed by atoms with Crippen LogP contribution in [0.1, 0.15) is 42.9 Å². The van der Waals surface area contributed by atoms with E-state index in [0.29, 0.717) is 42.4 Å². The van der Waals surface area contributed by atoms with Crippen LogP contribution in [-0.2, 0) is 22.7 Å². The second kappa shape index (κ2) is 11.2. The first kappa shape index (κ1) is 25.1. The Hall–Kier alpha value is -4.00. The molecule has 188 valence electrons. The molecule has 4 rings (SSSR count). The molecule has 1 heterocycles. The van der Waals surface area contributed by atoms with Gasteiger partial charge in [-0.25, -0.2) is 0 Å². The first-order valence-electron chi connectivity index (χ1n) is 12.1. The third-order valence-electron chi connectivity index (χ3n) is 6.43. The quantitative estimate of drug-likeness (QED) is 0.475. The van der Waals surface area contributed by atoms with Crippen molar-refractivity contribution < 1.29 is 23.8 Å². The number of hydrogen-bond donors (Lipinski definition) is 1. The molecule has 1 N–H and O–H groups in total. The van der Waals surface area contributed by atoms with E-state index >= 15 is 0 Å². The monoisotopic (exact) mass is 488 g/mol. The number of carbonyl (C=O) groups is 2. The van der Waals surface area contributed by atoms with Crippen LogP contribution in [0.5, 0.6) is 17.2 Å². The molecule has 36 heavy (non-hydrogen) atoms. The summed E-state index contributed by atoms with van der Waals surface area (Å²) in [6.45, 7) is 4.44. The van der Waals surface area contributed by atoms with E-state index in [0.717, 1.165) is 16.7 Å². The molecule has 3 aromatic carbocycles. The summed E-state index contributed by atoms with van der Waals surface area (Å²) in [5.41, 5.74) is 3.33. The van der Waals surface area contributed by atoms with E-state index in [1.807, 2.05) is 67.6 Å². The molecule has 3 aromatic rings. The van der Waals surface area contributed by atoms with Crippen molar-refractivity contribution >= 4 is 17.5 Å². The van der Waals surface area contributed by atoms with Crippen molar-refractivity contribution in [3.63, 3.8) is 0 Å². The van der Waals surface area contributed by atoms with Crippen molar-refractivity contribution in [1.82, 2.24) is 4.90 Å². The summed E-state index contributed by atoms with van der Waals surface area (Å²) in [6, 6.07) is 20.8. The fourth-order valence-corrected chi connectivity index (χ4v) is 4.49. The molecule has 0 radical (unpaired) electrons. The van der Waals surface area contributed by atoms with Gasteiger partial charge in [-0.05, 0) is 49.2 Å². The lowest BCUT2D eigenvalue weighted by Gasteiger charge is -2.23. The van der Waals surface area contributed by atoms with Crippen LogP contribution in [0.15, 0.2) is 66.7 Å². The number of nitrogens with one attached hydrogen (secondary N) is 1. The van der Waals surface area contributed by atoms with Crippen LogP contribution in [0.3, 0.4) is 0 Å². The second-order valence-corrected chi connectivity index (χ2v) is 8.82. The van der Waals surface area contributed by atoms with Crippen LogP contribution in [0.25, 0.3) is 0 Å². The topological polar surface area (TPSA) is 77.1 Å². The largest absolute Gasteiger partial charge is 0.497 e. The fourth-order valence-electron chi connectivity index (χ4n) is 4.49. The van der Waals surface area contributed by atoms with Crippen molar-refractivity contribution in [3.8, 4) is 17.2 Å². The molecule has 0 aliphatic carbocycles. The number of carbonyl (C=O) groups excluding carboxylic acids is 2. The predicted octanol–water partition coefficient (Wildman–Crippen LogP) is 5.15. The Bertz CT molecular complexity index is 1230. The molecule has 0 spiro atoms. The maximum Gasteiger partial charge on any atom is 0.263 e. The molecule has 1 aliphatic rings. The van der Waals surface area contributed by atoms with Gasteiger partial charge in [0.1, 0.15) is 17.2 Å². The number of rotatable bonds is 8. The summed E-state index contributed by atoms with van der Waals surface area (Å²) in [6.07, 6.45) is 0.0476. The minimum atomic E-state index is -0.640. The van der Waals surface area contributed by atoms with E-state index in [2.05, 4.69) is 5.32 Å². The number of benzene rings is 3. The molecule has 0 aromatic heterocycles. The molecule has 2 atom stereocenters. The van der Waals surface area contributed by atoms with Gasteiger partial charge in [-0.1, -0.05) is 37.3 Å². The van der Waals surface area contributed by atoms with E-state index in [1.54, 1.807) is 32.1 Å². The molecule has 1 aliphatic heterocycles. The predicted molar refractivity (Wildman–Crippen MR) is 138 cm³/mol. The Morgan fingerprint density at radius 1 is 1.08 bits per heavy atom. The molecular weight excluding hydrogens is 456 g/mol. The number of methoxy groups -OCH3 is 2. The van der Waals surface area contributed by atoms with Gasteiger partial charge in [0, 0.05) is 36.0 Å². The standard InChI is InChI=1S/C29H32N2O5/c1-5-25(20-9-7-6-8-10-20)28(32)30-23-12-14-26-22(15-23)18-31(29(33)19(2)36-26)17-21-11-13-24(34-3)16-27(21)35-4/h6-16,19,25H,5,17-18H2,1-4H3,(H,30,32)/t19-,25-/m0/s1. The van der Waals surface area contributed by atoms with Gasteiger partial charge in [-0.15, -0.1) is 0 Å². The van der Waals surface area contributed by atoms with E-state index < -0.39 is 6.10 Å². The molecule has 0 saturated carbocycles. The molecule has 7 nitrogen and oxygen atoms in total. The first-order chi connectivity index (χ1) is 17.4. The molecule has 0 saturated heterocycles. The Balaban J connectivity index is 1.57. The van der Waals surface area contributed by atoms with Crippen LogP contribution in [0, 0.1) is 0 Å². The number of anilines is 1. The van der Waals surface area contributed by atoms with Gasteiger partial charge < -0.3 is 24.4 Å². The van der Waals surface area contributed by atoms with Crippen molar-refractivity contribution in [1.29, 1.82) is 0 Å². The fraction of sp³-hybridized carbons (Fsp3) is 0.310. The summed E-state index contributed by atoms with van der Waals surface area (Å²) in [4.78, 5) is 28.0. The number of ether oxygens (including phenoxy) is 3. The van der Waals surface area contributed by atoms with Gasteiger partial charge in [0.2, 0.25) is 5.91 Å². The average Bonchev–Trinajstić information content (AvgIpc) is 3.01. The number of hydrogen-bond acceptors (Lipinski definition) is 5. The second-order valence-electron chi connectivity index (χ2n) is 8.82. The summed E-state index contributed by atoms with van der Waals surface area (Å²) >= 11 is 0. The molecule has 0 fully saturated rings. The molecule has 7 heteroatoms. The third kappa shape index (κ3) is 5.46. The Morgan fingerprint density at radius 2 is 1.86 bits per heavy atom. The summed E-state index contributed by atoms with van der Waals surface area (Å²) in [5, 5.41) is 3.05. The highest BCUT2D eigenvalue weighted by Gasteiger charge is 2.29. The highest BCUT2D eigenvalue weighted by atomic mass is 16.5. The molecule has 0 bridgehead atoms. The lowest BCUT2D eigenvalue weighted by molar-refractivity contribution is -0.138. The van der Waals surface area contributed by atoms with Gasteiger partial charge in [-0.2, -0.15) is 0 Å². The van der Waals surface area contributed by atoms with Crippen LogP contribution in [-0.4, -0.2) is 37.0 Å². The van der Waals surface area contributed by atoms with Crippen molar-refractivity contribution in [2.24, 2.45) is 0 Å². The van der Waals surface area contributed by atoms with E-state index in [4.69, 9.17) is 14.2 Å². The van der Waals surface area contributed by atoms with Crippen molar-refractivity contribution in [3.05, 3.63) is 83.4 Å². The highest BCUT2D eigenvalue weighted by Crippen LogP contribution is 2.32. The van der Waals surface area contributed by atoms with Crippen molar-refractivity contribution in [2.45, 2.75) is 45.4 Å². The lowest BCUT2D eigenvalue weighted by Crippen LogP contribution is -2.37. The Kier molecular flexibility index (Phi) is 7.78. The van der Waals surface area contributed by atoms with Crippen molar-refractivity contribution in [2.75, 3.05) is 19.5 Å². The van der Waals surface area contributed by atoms with E-state index in [-0.39, 0.29) is 17.7 Å².